The van der Waals surface area contributed by atoms with Gasteiger partial charge in [0.25, 0.3) is 5.91 Å². The van der Waals surface area contributed by atoms with Crippen molar-refractivity contribution < 1.29 is 19.1 Å². The van der Waals surface area contributed by atoms with Crippen molar-refractivity contribution in [3.63, 3.8) is 0 Å². The van der Waals surface area contributed by atoms with E-state index in [2.05, 4.69) is 5.32 Å². The fourth-order valence-corrected chi connectivity index (χ4v) is 7.10. The Hall–Kier alpha value is -3.02. The number of carbonyl (C=O) groups excluding carboxylic acids is 2. The van der Waals surface area contributed by atoms with Crippen molar-refractivity contribution in [2.75, 3.05) is 25.6 Å². The van der Waals surface area contributed by atoms with Gasteiger partial charge in [0.1, 0.15) is 13.2 Å². The minimum absolute atomic E-state index is 0.0613. The Bertz CT molecular complexity index is 1070. The Morgan fingerprint density at radius 1 is 0.912 bits per heavy atom. The molecule has 7 rings (SSSR count). The van der Waals surface area contributed by atoms with E-state index in [-0.39, 0.29) is 17.2 Å². The van der Waals surface area contributed by atoms with E-state index in [1.807, 2.05) is 30.3 Å². The standard InChI is InChI=1S/C28H32N2O4/c1-30(17-18-2-7-24-25(13-18)34-9-8-33-24)26(31)22-3-5-23(6-4-22)29-27(32)28-14-19-10-20(15-28)12-21(11-19)16-28/h2-7,13,19-21H,8-12,14-17H2,1H3,(H,29,32). The van der Waals surface area contributed by atoms with E-state index >= 15 is 0 Å². The molecule has 4 bridgehead atoms. The number of benzene rings is 2. The van der Waals surface area contributed by atoms with Crippen molar-refractivity contribution in [3.05, 3.63) is 53.6 Å². The predicted molar refractivity (Wildman–Crippen MR) is 129 cm³/mol. The molecule has 0 aromatic heterocycles. The van der Waals surface area contributed by atoms with Crippen LogP contribution in [0.15, 0.2) is 42.5 Å². The van der Waals surface area contributed by atoms with E-state index in [1.165, 1.54) is 19.3 Å². The largest absolute Gasteiger partial charge is 0.486 e. The van der Waals surface area contributed by atoms with Crippen molar-refractivity contribution in [2.45, 2.75) is 45.1 Å². The predicted octanol–water partition coefficient (Wildman–Crippen LogP) is 4.88. The number of nitrogens with zero attached hydrogens (tertiary/aromatic N) is 1. The first-order valence-electron chi connectivity index (χ1n) is 12.5. The van der Waals surface area contributed by atoms with Crippen LogP contribution < -0.4 is 14.8 Å². The van der Waals surface area contributed by atoms with Crippen molar-refractivity contribution in [3.8, 4) is 11.5 Å². The molecule has 0 spiro atoms. The zero-order chi connectivity index (χ0) is 23.3. The molecule has 1 heterocycles. The van der Waals surface area contributed by atoms with Crippen LogP contribution in [0.25, 0.3) is 0 Å². The fraction of sp³-hybridized carbons (Fsp3) is 0.500. The molecule has 4 fully saturated rings. The molecule has 0 unspecified atom stereocenters. The van der Waals surface area contributed by atoms with Gasteiger partial charge in [-0.25, -0.2) is 0 Å². The van der Waals surface area contributed by atoms with Crippen LogP contribution in [0, 0.1) is 23.2 Å². The highest BCUT2D eigenvalue weighted by atomic mass is 16.6. The van der Waals surface area contributed by atoms with Gasteiger partial charge in [0.15, 0.2) is 11.5 Å². The lowest BCUT2D eigenvalue weighted by molar-refractivity contribution is -0.140. The maximum Gasteiger partial charge on any atom is 0.253 e. The van der Waals surface area contributed by atoms with E-state index < -0.39 is 0 Å². The molecule has 0 saturated heterocycles. The molecule has 4 saturated carbocycles. The Balaban J connectivity index is 1.09. The molecule has 34 heavy (non-hydrogen) atoms. The molecule has 5 aliphatic rings. The number of amides is 2. The lowest BCUT2D eigenvalue weighted by atomic mass is 9.49. The SMILES string of the molecule is CN(Cc1ccc2c(c1)OCCO2)C(=O)c1ccc(NC(=O)C23CC4CC(CC(C4)C2)C3)cc1. The molecule has 1 aliphatic heterocycles. The van der Waals surface area contributed by atoms with Crippen LogP contribution in [-0.4, -0.2) is 37.0 Å². The highest BCUT2D eigenvalue weighted by Gasteiger charge is 2.54. The van der Waals surface area contributed by atoms with Gasteiger partial charge in [-0.1, -0.05) is 6.07 Å². The third-order valence-corrected chi connectivity index (χ3v) is 8.28. The molecule has 6 nitrogen and oxygen atoms in total. The average molecular weight is 461 g/mol. The van der Waals surface area contributed by atoms with Crippen LogP contribution in [0.4, 0.5) is 5.69 Å². The normalized spacial score (nSPS) is 28.4. The fourth-order valence-electron chi connectivity index (χ4n) is 7.10. The number of rotatable bonds is 5. The van der Waals surface area contributed by atoms with Gasteiger partial charge in [-0.05, 0) is 98.2 Å². The van der Waals surface area contributed by atoms with Gasteiger partial charge >= 0.3 is 0 Å². The summed E-state index contributed by atoms with van der Waals surface area (Å²) in [5.74, 6) is 3.80. The topological polar surface area (TPSA) is 67.9 Å². The van der Waals surface area contributed by atoms with E-state index in [1.54, 1.807) is 24.1 Å². The first-order chi connectivity index (χ1) is 16.5. The molecule has 4 aliphatic carbocycles. The lowest BCUT2D eigenvalue weighted by Crippen LogP contribution is -2.51. The molecule has 178 valence electrons. The smallest absolute Gasteiger partial charge is 0.253 e. The second kappa shape index (κ2) is 8.33. The van der Waals surface area contributed by atoms with Gasteiger partial charge < -0.3 is 19.7 Å². The van der Waals surface area contributed by atoms with Crippen LogP contribution >= 0.6 is 0 Å². The Kier molecular flexibility index (Phi) is 5.27. The Morgan fingerprint density at radius 3 is 2.18 bits per heavy atom. The van der Waals surface area contributed by atoms with Gasteiger partial charge in [-0.15, -0.1) is 0 Å². The van der Waals surface area contributed by atoms with Crippen molar-refractivity contribution in [2.24, 2.45) is 23.2 Å². The van der Waals surface area contributed by atoms with Crippen LogP contribution in [0.3, 0.4) is 0 Å². The second-order valence-electron chi connectivity index (χ2n) is 10.9. The van der Waals surface area contributed by atoms with Gasteiger partial charge in [0.2, 0.25) is 5.91 Å². The van der Waals surface area contributed by atoms with Crippen molar-refractivity contribution >= 4 is 17.5 Å². The molecule has 0 radical (unpaired) electrons. The molecule has 0 atom stereocenters. The monoisotopic (exact) mass is 460 g/mol. The minimum atomic E-state index is -0.174. The number of carbonyl (C=O) groups is 2. The number of anilines is 1. The maximum atomic E-state index is 13.3. The summed E-state index contributed by atoms with van der Waals surface area (Å²) < 4.78 is 11.2. The summed E-state index contributed by atoms with van der Waals surface area (Å²) in [7, 11) is 1.79. The molecule has 2 aromatic rings. The third-order valence-electron chi connectivity index (χ3n) is 8.28. The highest BCUT2D eigenvalue weighted by Crippen LogP contribution is 2.60. The highest BCUT2D eigenvalue weighted by molar-refractivity contribution is 5.97. The summed E-state index contributed by atoms with van der Waals surface area (Å²) in [6.07, 6.45) is 7.11. The number of ether oxygens (including phenoxy) is 2. The third kappa shape index (κ3) is 3.93. The van der Waals surface area contributed by atoms with Crippen LogP contribution in [-0.2, 0) is 11.3 Å². The zero-order valence-corrected chi connectivity index (χ0v) is 19.7. The van der Waals surface area contributed by atoms with Gasteiger partial charge in [-0.2, -0.15) is 0 Å². The molecule has 6 heteroatoms. The summed E-state index contributed by atoms with van der Waals surface area (Å²) in [6, 6.07) is 13.1. The minimum Gasteiger partial charge on any atom is -0.486 e. The van der Waals surface area contributed by atoms with Gasteiger partial charge in [0, 0.05) is 24.8 Å². The Morgan fingerprint density at radius 2 is 1.53 bits per heavy atom. The van der Waals surface area contributed by atoms with Crippen LogP contribution in [0.5, 0.6) is 11.5 Å². The maximum absolute atomic E-state index is 13.3. The first kappa shape index (κ1) is 21.5. The number of hydrogen-bond acceptors (Lipinski definition) is 4. The number of hydrogen-bond donors (Lipinski definition) is 1. The lowest BCUT2D eigenvalue weighted by Gasteiger charge is -2.55. The first-order valence-corrected chi connectivity index (χ1v) is 12.5. The van der Waals surface area contributed by atoms with E-state index in [0.29, 0.717) is 25.3 Å². The number of nitrogens with one attached hydrogen (secondary N) is 1. The molecule has 1 N–H and O–H groups in total. The van der Waals surface area contributed by atoms with E-state index in [0.717, 1.165) is 59.8 Å². The molecule has 2 aromatic carbocycles. The summed E-state index contributed by atoms with van der Waals surface area (Å²) >= 11 is 0. The molecule has 2 amide bonds. The Labute approximate surface area is 200 Å². The summed E-state index contributed by atoms with van der Waals surface area (Å²) in [5, 5.41) is 3.17. The second-order valence-corrected chi connectivity index (χ2v) is 10.9. The molecular weight excluding hydrogens is 428 g/mol. The molecular formula is C28H32N2O4. The van der Waals surface area contributed by atoms with E-state index in [9.17, 15) is 9.59 Å². The van der Waals surface area contributed by atoms with Crippen molar-refractivity contribution in [1.29, 1.82) is 0 Å². The van der Waals surface area contributed by atoms with Crippen molar-refractivity contribution in [1.82, 2.24) is 4.90 Å². The average Bonchev–Trinajstić information content (AvgIpc) is 2.83. The summed E-state index contributed by atoms with van der Waals surface area (Å²) in [6.45, 7) is 1.57. The van der Waals surface area contributed by atoms with Crippen LogP contribution in [0.2, 0.25) is 0 Å². The van der Waals surface area contributed by atoms with Gasteiger partial charge in [0.05, 0.1) is 5.41 Å². The number of fused-ring (bicyclic) bond motifs is 1. The quantitative estimate of drug-likeness (QED) is 0.690. The van der Waals surface area contributed by atoms with E-state index in [4.69, 9.17) is 9.47 Å². The zero-order valence-electron chi connectivity index (χ0n) is 19.7. The summed E-state index contributed by atoms with van der Waals surface area (Å²) in [4.78, 5) is 28.0. The van der Waals surface area contributed by atoms with Gasteiger partial charge in [-0.3, -0.25) is 9.59 Å². The van der Waals surface area contributed by atoms with Crippen LogP contribution in [0.1, 0.15) is 54.4 Å². The summed E-state index contributed by atoms with van der Waals surface area (Å²) in [5.41, 5.74) is 2.19.